The van der Waals surface area contributed by atoms with Gasteiger partial charge < -0.3 is 10.1 Å². The molecule has 2 heterocycles. The molecule has 0 bridgehead atoms. The van der Waals surface area contributed by atoms with Crippen LogP contribution in [0.25, 0.3) is 0 Å². The molecule has 1 N–H and O–H groups in total. The zero-order valence-electron chi connectivity index (χ0n) is 9.66. The molecule has 1 saturated heterocycles. The number of hydrogen-bond acceptors (Lipinski definition) is 3. The Morgan fingerprint density at radius 1 is 1.62 bits per heavy atom. The maximum absolute atomic E-state index is 6.08. The van der Waals surface area contributed by atoms with Gasteiger partial charge in [-0.15, -0.1) is 0 Å². The molecule has 0 spiro atoms. The van der Waals surface area contributed by atoms with Crippen LogP contribution in [0.4, 0.5) is 5.69 Å². The second-order valence-corrected chi connectivity index (χ2v) is 4.71. The van der Waals surface area contributed by atoms with E-state index in [1.54, 1.807) is 6.20 Å². The highest BCUT2D eigenvalue weighted by molar-refractivity contribution is 6.32. The number of halogens is 1. The van der Waals surface area contributed by atoms with Crippen molar-refractivity contribution in [3.8, 4) is 0 Å². The third-order valence-corrected chi connectivity index (χ3v) is 3.44. The number of nitrogens with zero attached hydrogens (tertiary/aromatic N) is 1. The Hall–Kier alpha value is -0.800. The fourth-order valence-electron chi connectivity index (χ4n) is 1.99. The number of pyridine rings is 1. The van der Waals surface area contributed by atoms with E-state index < -0.39 is 0 Å². The molecule has 0 radical (unpaired) electrons. The molecule has 88 valence electrons. The third-order valence-electron chi connectivity index (χ3n) is 3.16. The van der Waals surface area contributed by atoms with Crippen LogP contribution in [0, 0.1) is 12.8 Å². The molecule has 1 aromatic heterocycles. The second-order valence-electron chi connectivity index (χ2n) is 4.35. The average Bonchev–Trinajstić information content (AvgIpc) is 2.76. The second kappa shape index (κ2) is 5.02. The molecule has 2 atom stereocenters. The summed E-state index contributed by atoms with van der Waals surface area (Å²) < 4.78 is 5.39. The Labute approximate surface area is 101 Å². The van der Waals surface area contributed by atoms with Gasteiger partial charge in [0.1, 0.15) is 0 Å². The molecule has 0 saturated carbocycles. The quantitative estimate of drug-likeness (QED) is 0.825. The molecule has 3 nitrogen and oxygen atoms in total. The van der Waals surface area contributed by atoms with Crippen molar-refractivity contribution >= 4 is 17.3 Å². The van der Waals surface area contributed by atoms with Crippen molar-refractivity contribution in [3.63, 3.8) is 0 Å². The maximum atomic E-state index is 6.08. The molecule has 1 fully saturated rings. The first-order chi connectivity index (χ1) is 7.68. The van der Waals surface area contributed by atoms with Crippen LogP contribution in [0.1, 0.15) is 18.9 Å². The van der Waals surface area contributed by atoms with E-state index in [0.717, 1.165) is 30.9 Å². The van der Waals surface area contributed by atoms with Gasteiger partial charge in [0.25, 0.3) is 0 Å². The van der Waals surface area contributed by atoms with Gasteiger partial charge in [0, 0.05) is 24.8 Å². The molecular formula is C12H17ClN2O. The minimum Gasteiger partial charge on any atom is -0.381 e. The van der Waals surface area contributed by atoms with Crippen LogP contribution >= 0.6 is 11.6 Å². The number of rotatable bonds is 3. The third kappa shape index (κ3) is 2.47. The summed E-state index contributed by atoms with van der Waals surface area (Å²) in [5, 5.41) is 3.99. The number of aryl methyl sites for hydroxylation is 1. The summed E-state index contributed by atoms with van der Waals surface area (Å²) in [5.74, 6) is 0.565. The number of anilines is 1. The predicted molar refractivity (Wildman–Crippen MR) is 66.0 cm³/mol. The Kier molecular flexibility index (Phi) is 3.66. The van der Waals surface area contributed by atoms with Crippen LogP contribution in [0.5, 0.6) is 0 Å². The lowest BCUT2D eigenvalue weighted by Gasteiger charge is -2.22. The fourth-order valence-corrected chi connectivity index (χ4v) is 2.25. The van der Waals surface area contributed by atoms with Gasteiger partial charge in [0.15, 0.2) is 5.15 Å². The molecule has 1 aromatic rings. The molecule has 4 heteroatoms. The lowest BCUT2D eigenvalue weighted by Crippen LogP contribution is -2.26. The summed E-state index contributed by atoms with van der Waals surface area (Å²) in [4.78, 5) is 4.09. The standard InChI is InChI=1S/C12H17ClN2O/c1-8-3-5-14-12(13)11(8)15-9(2)10-4-6-16-7-10/h3,5,9-10,15H,4,6-7H2,1-2H3. The molecular weight excluding hydrogens is 224 g/mol. The summed E-state index contributed by atoms with van der Waals surface area (Å²) in [5.41, 5.74) is 2.08. The van der Waals surface area contributed by atoms with Crippen molar-refractivity contribution in [2.75, 3.05) is 18.5 Å². The fraction of sp³-hybridized carbons (Fsp3) is 0.583. The van der Waals surface area contributed by atoms with E-state index in [9.17, 15) is 0 Å². The highest BCUT2D eigenvalue weighted by atomic mass is 35.5. The van der Waals surface area contributed by atoms with E-state index in [0.29, 0.717) is 17.1 Å². The molecule has 0 aliphatic carbocycles. The van der Waals surface area contributed by atoms with E-state index >= 15 is 0 Å². The monoisotopic (exact) mass is 240 g/mol. The minimum atomic E-state index is 0.364. The van der Waals surface area contributed by atoms with Crippen molar-refractivity contribution in [2.45, 2.75) is 26.3 Å². The van der Waals surface area contributed by atoms with E-state index in [1.165, 1.54) is 0 Å². The van der Waals surface area contributed by atoms with E-state index in [4.69, 9.17) is 16.3 Å². The summed E-state index contributed by atoms with van der Waals surface area (Å²) in [6.45, 7) is 5.91. The van der Waals surface area contributed by atoms with Gasteiger partial charge in [-0.25, -0.2) is 4.98 Å². The largest absolute Gasteiger partial charge is 0.381 e. The highest BCUT2D eigenvalue weighted by Crippen LogP contribution is 2.26. The molecule has 1 aliphatic heterocycles. The smallest absolute Gasteiger partial charge is 0.152 e. The van der Waals surface area contributed by atoms with Crippen molar-refractivity contribution < 1.29 is 4.74 Å². The number of nitrogens with one attached hydrogen (secondary N) is 1. The summed E-state index contributed by atoms with van der Waals surface area (Å²) >= 11 is 6.08. The van der Waals surface area contributed by atoms with Gasteiger partial charge in [0.05, 0.1) is 12.3 Å². The van der Waals surface area contributed by atoms with E-state index in [1.807, 2.05) is 13.0 Å². The summed E-state index contributed by atoms with van der Waals surface area (Å²) in [7, 11) is 0. The van der Waals surface area contributed by atoms with Crippen molar-refractivity contribution in [2.24, 2.45) is 5.92 Å². The molecule has 2 unspecified atom stereocenters. The van der Waals surface area contributed by atoms with Gasteiger partial charge in [-0.05, 0) is 31.9 Å². The van der Waals surface area contributed by atoms with Crippen LogP contribution in [0.15, 0.2) is 12.3 Å². The minimum absolute atomic E-state index is 0.364. The van der Waals surface area contributed by atoms with E-state index in [-0.39, 0.29) is 0 Å². The number of ether oxygens (including phenoxy) is 1. The van der Waals surface area contributed by atoms with Crippen LogP contribution in [0.2, 0.25) is 5.15 Å². The molecule has 16 heavy (non-hydrogen) atoms. The highest BCUT2D eigenvalue weighted by Gasteiger charge is 2.23. The van der Waals surface area contributed by atoms with Crippen LogP contribution in [0.3, 0.4) is 0 Å². The van der Waals surface area contributed by atoms with Crippen LogP contribution in [-0.4, -0.2) is 24.2 Å². The topological polar surface area (TPSA) is 34.2 Å². The predicted octanol–water partition coefficient (Wildman–Crippen LogP) is 2.88. The van der Waals surface area contributed by atoms with Gasteiger partial charge in [-0.1, -0.05) is 11.6 Å². The van der Waals surface area contributed by atoms with Gasteiger partial charge >= 0.3 is 0 Å². The van der Waals surface area contributed by atoms with Crippen LogP contribution < -0.4 is 5.32 Å². The Morgan fingerprint density at radius 3 is 3.06 bits per heavy atom. The van der Waals surface area contributed by atoms with Crippen LogP contribution in [-0.2, 0) is 4.74 Å². The van der Waals surface area contributed by atoms with Gasteiger partial charge in [0.2, 0.25) is 0 Å². The van der Waals surface area contributed by atoms with Gasteiger partial charge in [-0.3, -0.25) is 0 Å². The number of aromatic nitrogens is 1. The zero-order chi connectivity index (χ0) is 11.5. The summed E-state index contributed by atoms with van der Waals surface area (Å²) in [6, 6.07) is 2.33. The molecule has 2 rings (SSSR count). The lowest BCUT2D eigenvalue weighted by atomic mass is 10.0. The Bertz CT molecular complexity index is 344. The first-order valence-corrected chi connectivity index (χ1v) is 6.01. The summed E-state index contributed by atoms with van der Waals surface area (Å²) in [6.07, 6.45) is 2.84. The lowest BCUT2D eigenvalue weighted by molar-refractivity contribution is 0.183. The zero-order valence-corrected chi connectivity index (χ0v) is 10.4. The first kappa shape index (κ1) is 11.7. The Balaban J connectivity index is 2.07. The molecule has 0 aromatic carbocycles. The average molecular weight is 241 g/mol. The van der Waals surface area contributed by atoms with Crippen molar-refractivity contribution in [1.29, 1.82) is 0 Å². The van der Waals surface area contributed by atoms with Crippen molar-refractivity contribution in [3.05, 3.63) is 23.0 Å². The van der Waals surface area contributed by atoms with E-state index in [2.05, 4.69) is 17.2 Å². The maximum Gasteiger partial charge on any atom is 0.152 e. The number of hydrogen-bond donors (Lipinski definition) is 1. The molecule has 0 amide bonds. The first-order valence-electron chi connectivity index (χ1n) is 5.64. The Morgan fingerprint density at radius 2 is 2.44 bits per heavy atom. The SMILES string of the molecule is Cc1ccnc(Cl)c1NC(C)C1CCOC1. The normalized spacial score (nSPS) is 22.1. The molecule has 1 aliphatic rings. The van der Waals surface area contributed by atoms with Gasteiger partial charge in [-0.2, -0.15) is 0 Å². The van der Waals surface area contributed by atoms with Crippen molar-refractivity contribution in [1.82, 2.24) is 4.98 Å².